The van der Waals surface area contributed by atoms with Crippen LogP contribution in [0.15, 0.2) is 0 Å². The lowest BCUT2D eigenvalue weighted by Gasteiger charge is -2.18. The third-order valence-electron chi connectivity index (χ3n) is 19.8. The van der Waals surface area contributed by atoms with Gasteiger partial charge in [-0.15, -0.1) is 0 Å². The second kappa shape index (κ2) is 94.8. The van der Waals surface area contributed by atoms with E-state index in [0.29, 0.717) is 18.1 Å². The van der Waals surface area contributed by atoms with Gasteiger partial charge in [0.2, 0.25) is 0 Å². The average molecular weight is 1430 g/mol. The van der Waals surface area contributed by atoms with Crippen LogP contribution in [0.25, 0.3) is 0 Å². The van der Waals surface area contributed by atoms with Gasteiger partial charge in [0.1, 0.15) is 0 Å². The highest BCUT2D eigenvalue weighted by Crippen LogP contribution is 2.33. The van der Waals surface area contributed by atoms with Gasteiger partial charge < -0.3 is 34.5 Å². The number of nitrogens with one attached hydrogen (secondary N) is 2. The second-order valence-electron chi connectivity index (χ2n) is 29.9. The summed E-state index contributed by atoms with van der Waals surface area (Å²) in [6.45, 7) is 95.4. The highest BCUT2D eigenvalue weighted by Gasteiger charge is 2.23. The largest absolute Gasteiger partial charge is 0.378 e. The smallest absolute Gasteiger partial charge is 0.160 e. The van der Waals surface area contributed by atoms with Crippen LogP contribution in [0.4, 0.5) is 0 Å². The quantitative estimate of drug-likeness (QED) is 0.226. The zero-order chi connectivity index (χ0) is 79.8. The molecule has 0 radical (unpaired) electrons. The molecule has 0 bridgehead atoms. The molecule has 0 aromatic carbocycles. The summed E-state index contributed by atoms with van der Waals surface area (Å²) in [6, 6.07) is 1.59. The zero-order valence-corrected chi connectivity index (χ0v) is 78.1. The van der Waals surface area contributed by atoms with E-state index in [-0.39, 0.29) is 6.29 Å². The molecule has 10 fully saturated rings. The first kappa shape index (κ1) is 121. The van der Waals surface area contributed by atoms with Gasteiger partial charge in [-0.2, -0.15) is 0 Å². The van der Waals surface area contributed by atoms with Crippen molar-refractivity contribution in [2.45, 2.75) is 468 Å². The van der Waals surface area contributed by atoms with E-state index in [4.69, 9.17) is 18.9 Å². The van der Waals surface area contributed by atoms with Gasteiger partial charge in [0, 0.05) is 31.2 Å². The molecule has 7 nitrogen and oxygen atoms in total. The molecule has 6 heterocycles. The van der Waals surface area contributed by atoms with Gasteiger partial charge in [0.05, 0.1) is 25.4 Å². The fraction of sp³-hybridized carbons (Fsp3) is 1.00. The Kier molecular flexibility index (Phi) is 114. The Morgan fingerprint density at radius 2 is 0.540 bits per heavy atom. The predicted octanol–water partition coefficient (Wildman–Crippen LogP) is 30.4. The molecule has 10 aliphatic rings. The van der Waals surface area contributed by atoms with Crippen LogP contribution in [0.2, 0.25) is 0 Å². The van der Waals surface area contributed by atoms with Crippen molar-refractivity contribution in [3.63, 3.8) is 0 Å². The lowest BCUT2D eigenvalue weighted by atomic mass is 9.95. The van der Waals surface area contributed by atoms with Crippen molar-refractivity contribution in [3.05, 3.63) is 0 Å². The van der Waals surface area contributed by atoms with Crippen LogP contribution in [-0.4, -0.2) is 94.6 Å². The van der Waals surface area contributed by atoms with E-state index in [1.165, 1.54) is 193 Å². The van der Waals surface area contributed by atoms with Crippen LogP contribution < -0.4 is 10.6 Å². The third-order valence-corrected chi connectivity index (χ3v) is 19.8. The first-order valence-corrected chi connectivity index (χ1v) is 45.7. The van der Waals surface area contributed by atoms with Gasteiger partial charge >= 0.3 is 0 Å². The van der Waals surface area contributed by atoms with E-state index in [1.807, 2.05) is 138 Å². The molecule has 0 spiro atoms. The molecule has 620 valence electrons. The van der Waals surface area contributed by atoms with E-state index in [9.17, 15) is 0 Å². The Morgan fingerprint density at radius 1 is 0.250 bits per heavy atom. The van der Waals surface area contributed by atoms with Crippen molar-refractivity contribution in [1.29, 1.82) is 0 Å². The van der Waals surface area contributed by atoms with E-state index in [2.05, 4.69) is 154 Å². The summed E-state index contributed by atoms with van der Waals surface area (Å²) in [7, 11) is 0. The minimum absolute atomic E-state index is 0.0648. The number of nitrogens with zero attached hydrogens (tertiary/aromatic N) is 1. The molecule has 4 saturated carbocycles. The Morgan fingerprint density at radius 3 is 0.660 bits per heavy atom. The molecule has 4 atom stereocenters. The molecule has 10 rings (SSSR count). The minimum Gasteiger partial charge on any atom is -0.378 e. The van der Waals surface area contributed by atoms with Gasteiger partial charge in [0.15, 0.2) is 6.29 Å². The number of ether oxygens (including phenoxy) is 4. The van der Waals surface area contributed by atoms with Gasteiger partial charge in [-0.3, -0.25) is 0 Å². The fourth-order valence-electron chi connectivity index (χ4n) is 13.3. The molecule has 4 aliphatic carbocycles. The number of rotatable bonds is 10. The summed E-state index contributed by atoms with van der Waals surface area (Å²) in [5, 5.41) is 6.81. The number of hydrogen-bond acceptors (Lipinski definition) is 7. The summed E-state index contributed by atoms with van der Waals surface area (Å²) < 4.78 is 21.2. The molecule has 0 amide bonds. The van der Waals surface area contributed by atoms with Crippen molar-refractivity contribution in [3.8, 4) is 0 Å². The average Bonchev–Trinajstić information content (AvgIpc) is 3.90. The summed E-state index contributed by atoms with van der Waals surface area (Å²) in [5.41, 5.74) is 0. The molecule has 4 unspecified atom stereocenters. The topological polar surface area (TPSA) is 64.2 Å². The van der Waals surface area contributed by atoms with Crippen molar-refractivity contribution >= 4 is 0 Å². The maximum Gasteiger partial charge on any atom is 0.160 e. The lowest BCUT2D eigenvalue weighted by Crippen LogP contribution is -2.26. The van der Waals surface area contributed by atoms with Crippen molar-refractivity contribution in [2.75, 3.05) is 59.2 Å². The highest BCUT2D eigenvalue weighted by molar-refractivity contribution is 4.77. The van der Waals surface area contributed by atoms with Gasteiger partial charge in [-0.25, -0.2) is 0 Å². The molecule has 100 heavy (non-hydrogen) atoms. The minimum atomic E-state index is 0.0648. The van der Waals surface area contributed by atoms with Crippen LogP contribution in [0.3, 0.4) is 0 Å². The van der Waals surface area contributed by atoms with Crippen molar-refractivity contribution < 1.29 is 18.9 Å². The monoisotopic (exact) mass is 1430 g/mol. The SMILES string of the molecule is CC.CC.CC.CC.CC.CC.CC.CC.CC.CC.CC(C)C1CCCC1.CC(C)C1CCCC1.CC(C)C1CCCC1.CC(C)C1CCCC1.CC(C)C1CCCN1.CC(C)C1CCCO1.CC(C)C1CCCO1.CC(C)C1CCNC1.CC(C)C1OCCO1.CC(C)N1CCCC1. The summed E-state index contributed by atoms with van der Waals surface area (Å²) >= 11 is 0. The van der Waals surface area contributed by atoms with E-state index < -0.39 is 0 Å². The molecule has 0 aromatic heterocycles. The van der Waals surface area contributed by atoms with E-state index in [0.717, 1.165) is 115 Å². The van der Waals surface area contributed by atoms with Crippen molar-refractivity contribution in [2.24, 2.45) is 82.9 Å². The van der Waals surface area contributed by atoms with E-state index in [1.54, 1.807) is 0 Å². The van der Waals surface area contributed by atoms with Crippen LogP contribution in [0.1, 0.15) is 437 Å². The Labute approximate surface area is 641 Å². The molecule has 6 saturated heterocycles. The summed E-state index contributed by atoms with van der Waals surface area (Å²) in [4.78, 5) is 2.53. The molecule has 0 aromatic rings. The predicted molar refractivity (Wildman–Crippen MR) is 466 cm³/mol. The Hall–Kier alpha value is -0.280. The second-order valence-corrected chi connectivity index (χ2v) is 29.9. The summed E-state index contributed by atoms with van der Waals surface area (Å²) in [6.07, 6.45) is 37.2. The van der Waals surface area contributed by atoms with Crippen LogP contribution in [0.5, 0.6) is 0 Å². The van der Waals surface area contributed by atoms with Gasteiger partial charge in [-0.1, -0.05) is 366 Å². The highest BCUT2D eigenvalue weighted by atomic mass is 16.7. The molecule has 2 N–H and O–H groups in total. The van der Waals surface area contributed by atoms with E-state index >= 15 is 0 Å². The molecular formula is C93H209N3O4. The van der Waals surface area contributed by atoms with Crippen molar-refractivity contribution in [1.82, 2.24) is 15.5 Å². The fourth-order valence-corrected chi connectivity index (χ4v) is 13.3. The lowest BCUT2D eigenvalue weighted by molar-refractivity contribution is -0.0732. The first-order valence-electron chi connectivity index (χ1n) is 45.7. The Balaban J connectivity index is -0.000000109. The molecular weight excluding hydrogens is 1220 g/mol. The van der Waals surface area contributed by atoms with Crippen LogP contribution in [0, 0.1) is 82.9 Å². The van der Waals surface area contributed by atoms with Crippen LogP contribution >= 0.6 is 0 Å². The third kappa shape index (κ3) is 75.9. The summed E-state index contributed by atoms with van der Waals surface area (Å²) in [5.74, 6) is 12.6. The number of likely N-dealkylation sites (tertiary alicyclic amines) is 1. The van der Waals surface area contributed by atoms with Crippen LogP contribution in [-0.2, 0) is 18.9 Å². The maximum atomic E-state index is 5.41. The standard InChI is InChI=1S/4C8H16.3C7H15N.2C7H14O.C6H12O2.10C2H6/c4*1-7(2)8-5-3-4-6-8;1-6(2)7-3-4-8-5-7;1-7(2)8-5-3-4-6-8;3*1-6(2)7-4-3-5-8-7;1-5(2)6-7-3-4-8-6;10*1-2/h4*7-8H,3-6H2,1-2H3;6-8H,3-5H2,1-2H3;7H,3-6H2,1-2H3;6-8H,3-5H2,1-2H3;2*6-7H,3-5H2,1-2H3;5-6H,3-4H2,1-2H3;10*1-2H3. The number of hydrogen-bond donors (Lipinski definition) is 2. The Bertz CT molecular complexity index is 960. The zero-order valence-electron chi connectivity index (χ0n) is 78.1. The van der Waals surface area contributed by atoms with Gasteiger partial charge in [0.25, 0.3) is 0 Å². The maximum absolute atomic E-state index is 5.41. The normalized spacial score (nSPS) is 21.1. The molecule has 6 aliphatic heterocycles. The first-order chi connectivity index (χ1) is 48.0. The van der Waals surface area contributed by atoms with Gasteiger partial charge in [-0.05, 0) is 181 Å². The molecule has 7 heteroatoms.